The third-order valence-electron chi connectivity index (χ3n) is 4.26. The largest absolute Gasteiger partial charge is 0.338 e. The number of carbonyl (C=O) groups is 1. The summed E-state index contributed by atoms with van der Waals surface area (Å²) in [5.74, 6) is 1.37. The topological polar surface area (TPSA) is 68.0 Å². The van der Waals surface area contributed by atoms with Crippen molar-refractivity contribution in [3.05, 3.63) is 36.2 Å². The van der Waals surface area contributed by atoms with Gasteiger partial charge in [0.1, 0.15) is 5.82 Å². The second kappa shape index (κ2) is 5.82. The minimum absolute atomic E-state index is 0.0203. The highest BCUT2D eigenvalue weighted by molar-refractivity contribution is 5.75. The Morgan fingerprint density at radius 3 is 2.91 bits per heavy atom. The second-order valence-electron chi connectivity index (χ2n) is 5.95. The lowest BCUT2D eigenvalue weighted by molar-refractivity contribution is 0.204. The molecule has 1 N–H and O–H groups in total. The van der Waals surface area contributed by atoms with Gasteiger partial charge in [0.05, 0.1) is 12.2 Å². The number of hydrogen-bond acceptors (Lipinski definition) is 3. The van der Waals surface area contributed by atoms with Crippen LogP contribution in [0, 0.1) is 0 Å². The third-order valence-corrected chi connectivity index (χ3v) is 4.26. The fraction of sp³-hybridized carbons (Fsp3) is 0.533. The van der Waals surface area contributed by atoms with Crippen LogP contribution < -0.4 is 5.32 Å². The molecular formula is C15H22N6O. The lowest BCUT2D eigenvalue weighted by Gasteiger charge is -2.20. The summed E-state index contributed by atoms with van der Waals surface area (Å²) in [6.07, 6.45) is 8.42. The molecule has 1 fully saturated rings. The van der Waals surface area contributed by atoms with Gasteiger partial charge in [-0.2, -0.15) is 5.10 Å². The summed E-state index contributed by atoms with van der Waals surface area (Å²) in [6.45, 7) is 3.46. The molecule has 0 radical (unpaired) electrons. The van der Waals surface area contributed by atoms with Crippen molar-refractivity contribution in [2.75, 3.05) is 13.1 Å². The van der Waals surface area contributed by atoms with Crippen LogP contribution in [0.3, 0.4) is 0 Å². The van der Waals surface area contributed by atoms with Gasteiger partial charge in [-0.05, 0) is 13.3 Å². The Balaban J connectivity index is 1.59. The molecule has 7 nitrogen and oxygen atoms in total. The molecule has 1 aliphatic heterocycles. The summed E-state index contributed by atoms with van der Waals surface area (Å²) in [6, 6.07) is -0.0681. The molecule has 2 atom stereocenters. The maximum atomic E-state index is 12.4. The van der Waals surface area contributed by atoms with E-state index >= 15 is 0 Å². The molecule has 2 aromatic heterocycles. The van der Waals surface area contributed by atoms with E-state index in [9.17, 15) is 4.79 Å². The fourth-order valence-electron chi connectivity index (χ4n) is 2.95. The van der Waals surface area contributed by atoms with Crippen molar-refractivity contribution in [1.29, 1.82) is 0 Å². The summed E-state index contributed by atoms with van der Waals surface area (Å²) in [5, 5.41) is 7.18. The van der Waals surface area contributed by atoms with E-state index in [-0.39, 0.29) is 12.1 Å². The molecule has 22 heavy (non-hydrogen) atoms. The molecule has 0 bridgehead atoms. The number of likely N-dealkylation sites (tertiary alicyclic amines) is 1. The lowest BCUT2D eigenvalue weighted by atomic mass is 10.1. The molecule has 2 unspecified atom stereocenters. The maximum Gasteiger partial charge on any atom is 0.317 e. The molecule has 3 heterocycles. The van der Waals surface area contributed by atoms with E-state index in [0.717, 1.165) is 30.9 Å². The first-order valence-corrected chi connectivity index (χ1v) is 7.56. The number of nitrogens with zero attached hydrogens (tertiary/aromatic N) is 5. The highest BCUT2D eigenvalue weighted by Crippen LogP contribution is 2.26. The smallest absolute Gasteiger partial charge is 0.317 e. The Hall–Kier alpha value is -2.31. The minimum Gasteiger partial charge on any atom is -0.338 e. The summed E-state index contributed by atoms with van der Waals surface area (Å²) in [5.41, 5.74) is 1.01. The highest BCUT2D eigenvalue weighted by atomic mass is 16.2. The number of rotatable bonds is 3. The second-order valence-corrected chi connectivity index (χ2v) is 5.95. The Labute approximate surface area is 129 Å². The minimum atomic E-state index is -0.0478. The van der Waals surface area contributed by atoms with Crippen molar-refractivity contribution < 1.29 is 4.79 Å². The first kappa shape index (κ1) is 14.6. The number of imidazole rings is 1. The zero-order chi connectivity index (χ0) is 15.7. The average Bonchev–Trinajstić information content (AvgIpc) is 3.18. The Morgan fingerprint density at radius 1 is 1.45 bits per heavy atom. The molecule has 118 valence electrons. The molecule has 0 saturated carbocycles. The van der Waals surface area contributed by atoms with Gasteiger partial charge in [0.15, 0.2) is 0 Å². The van der Waals surface area contributed by atoms with Gasteiger partial charge in [-0.15, -0.1) is 0 Å². The number of hydrogen-bond donors (Lipinski definition) is 1. The van der Waals surface area contributed by atoms with E-state index in [0.29, 0.717) is 5.92 Å². The zero-order valence-corrected chi connectivity index (χ0v) is 13.2. The molecule has 1 saturated heterocycles. The van der Waals surface area contributed by atoms with Gasteiger partial charge in [0.2, 0.25) is 0 Å². The van der Waals surface area contributed by atoms with Crippen LogP contribution in [0.15, 0.2) is 24.8 Å². The highest BCUT2D eigenvalue weighted by Gasteiger charge is 2.30. The molecule has 2 amide bonds. The van der Waals surface area contributed by atoms with Crippen LogP contribution in [0.4, 0.5) is 4.79 Å². The van der Waals surface area contributed by atoms with Crippen LogP contribution in [0.5, 0.6) is 0 Å². The van der Waals surface area contributed by atoms with Crippen LogP contribution in [-0.2, 0) is 14.1 Å². The Bertz CT molecular complexity index is 661. The summed E-state index contributed by atoms with van der Waals surface area (Å²) >= 11 is 0. The SMILES string of the molecule is CC(NC(=O)N1CCC(c2nccn2C)C1)c1cnn(C)c1. The van der Waals surface area contributed by atoms with Crippen molar-refractivity contribution in [2.45, 2.75) is 25.3 Å². The van der Waals surface area contributed by atoms with Crippen molar-refractivity contribution >= 4 is 6.03 Å². The van der Waals surface area contributed by atoms with Gasteiger partial charge < -0.3 is 14.8 Å². The van der Waals surface area contributed by atoms with E-state index in [1.807, 2.05) is 49.1 Å². The summed E-state index contributed by atoms with van der Waals surface area (Å²) < 4.78 is 3.77. The van der Waals surface area contributed by atoms with Gasteiger partial charge in [-0.1, -0.05) is 0 Å². The van der Waals surface area contributed by atoms with Crippen LogP contribution in [0.25, 0.3) is 0 Å². The van der Waals surface area contributed by atoms with E-state index in [4.69, 9.17) is 0 Å². The monoisotopic (exact) mass is 302 g/mol. The molecule has 2 aromatic rings. The van der Waals surface area contributed by atoms with E-state index in [1.165, 1.54) is 0 Å². The predicted octanol–water partition coefficient (Wildman–Crippen LogP) is 1.41. The normalized spacial score (nSPS) is 19.4. The van der Waals surface area contributed by atoms with Crippen molar-refractivity contribution in [3.8, 4) is 0 Å². The lowest BCUT2D eigenvalue weighted by Crippen LogP contribution is -2.39. The Morgan fingerprint density at radius 2 is 2.27 bits per heavy atom. The number of nitrogens with one attached hydrogen (secondary N) is 1. The number of aromatic nitrogens is 4. The van der Waals surface area contributed by atoms with E-state index in [2.05, 4.69) is 15.4 Å². The van der Waals surface area contributed by atoms with Gasteiger partial charge in [0, 0.05) is 57.3 Å². The summed E-state index contributed by atoms with van der Waals surface area (Å²) in [7, 11) is 3.87. The molecule has 0 aliphatic carbocycles. The van der Waals surface area contributed by atoms with Crippen molar-refractivity contribution in [1.82, 2.24) is 29.5 Å². The van der Waals surface area contributed by atoms with Gasteiger partial charge in [-0.25, -0.2) is 9.78 Å². The van der Waals surface area contributed by atoms with Crippen LogP contribution in [0.1, 0.15) is 36.7 Å². The maximum absolute atomic E-state index is 12.4. The van der Waals surface area contributed by atoms with Gasteiger partial charge >= 0.3 is 6.03 Å². The van der Waals surface area contributed by atoms with Crippen LogP contribution in [0.2, 0.25) is 0 Å². The Kier molecular flexibility index (Phi) is 3.87. The number of aryl methyl sites for hydroxylation is 2. The number of urea groups is 1. The molecular weight excluding hydrogens is 280 g/mol. The first-order valence-electron chi connectivity index (χ1n) is 7.56. The molecule has 3 rings (SSSR count). The fourth-order valence-corrected chi connectivity index (χ4v) is 2.95. The molecule has 1 aliphatic rings. The van der Waals surface area contributed by atoms with Crippen LogP contribution in [-0.4, -0.2) is 43.4 Å². The first-order chi connectivity index (χ1) is 10.5. The van der Waals surface area contributed by atoms with E-state index < -0.39 is 0 Å². The van der Waals surface area contributed by atoms with Crippen molar-refractivity contribution in [2.24, 2.45) is 14.1 Å². The predicted molar refractivity (Wildman–Crippen MR) is 82.3 cm³/mol. The average molecular weight is 302 g/mol. The summed E-state index contributed by atoms with van der Waals surface area (Å²) in [4.78, 5) is 18.7. The standard InChI is InChI=1S/C15H22N6O/c1-11(13-8-17-20(3)9-13)18-15(22)21-6-4-12(10-21)14-16-5-7-19(14)2/h5,7-9,11-12H,4,6,10H2,1-3H3,(H,18,22). The van der Waals surface area contributed by atoms with Gasteiger partial charge in [-0.3, -0.25) is 4.68 Å². The quantitative estimate of drug-likeness (QED) is 0.932. The third kappa shape index (κ3) is 2.84. The van der Waals surface area contributed by atoms with Crippen LogP contribution >= 0.6 is 0 Å². The van der Waals surface area contributed by atoms with Crippen molar-refractivity contribution in [3.63, 3.8) is 0 Å². The van der Waals surface area contributed by atoms with Gasteiger partial charge in [0.25, 0.3) is 0 Å². The van der Waals surface area contributed by atoms with E-state index in [1.54, 1.807) is 10.9 Å². The molecule has 0 aromatic carbocycles. The zero-order valence-electron chi connectivity index (χ0n) is 13.2. The number of amides is 2. The molecule has 0 spiro atoms. The number of carbonyl (C=O) groups excluding carboxylic acids is 1. The molecule has 7 heteroatoms.